The van der Waals surface area contributed by atoms with Crippen LogP contribution >= 0.6 is 11.6 Å². The van der Waals surface area contributed by atoms with Crippen LogP contribution in [0.1, 0.15) is 18.0 Å². The monoisotopic (exact) mass is 294 g/mol. The van der Waals surface area contributed by atoms with Gasteiger partial charge in [0.1, 0.15) is 12.4 Å². The molecule has 0 heterocycles. The van der Waals surface area contributed by atoms with Crippen LogP contribution in [-0.2, 0) is 4.74 Å². The number of benzene rings is 1. The minimum Gasteiger partial charge on any atom is -0.495 e. The van der Waals surface area contributed by atoms with Crippen molar-refractivity contribution in [3.8, 4) is 5.75 Å². The Bertz CT molecular complexity index is 394. The van der Waals surface area contributed by atoms with E-state index in [1.54, 1.807) is 18.2 Å². The summed E-state index contributed by atoms with van der Waals surface area (Å²) in [5.74, 6) is 5.98. The summed E-state index contributed by atoms with van der Waals surface area (Å²) < 4.78 is 33.8. The first kappa shape index (κ1) is 16.1. The molecule has 1 atom stereocenters. The van der Waals surface area contributed by atoms with Gasteiger partial charge in [-0.1, -0.05) is 17.7 Å². The van der Waals surface area contributed by atoms with Gasteiger partial charge in [0.15, 0.2) is 0 Å². The molecule has 0 radical (unpaired) electrons. The van der Waals surface area contributed by atoms with E-state index in [1.165, 1.54) is 7.11 Å². The molecule has 0 aliphatic carbocycles. The van der Waals surface area contributed by atoms with Gasteiger partial charge in [-0.15, -0.1) is 0 Å². The molecule has 1 aromatic carbocycles. The third-order valence-corrected chi connectivity index (χ3v) is 2.89. The van der Waals surface area contributed by atoms with E-state index in [2.05, 4.69) is 5.43 Å². The van der Waals surface area contributed by atoms with Crippen LogP contribution in [0.3, 0.4) is 0 Å². The summed E-state index contributed by atoms with van der Waals surface area (Å²) in [7, 11) is 1.52. The van der Waals surface area contributed by atoms with Gasteiger partial charge in [0.2, 0.25) is 0 Å². The summed E-state index contributed by atoms with van der Waals surface area (Å²) in [5, 5.41) is 0.496. The standard InChI is InChI=1S/C12H17ClF2N2O2/c1-18-11-6-8(2-3-9(11)13)10(17-16)4-5-19-7-12(14)15/h2-3,6,10,12,17H,4-5,7,16H2,1H3. The van der Waals surface area contributed by atoms with Crippen LogP contribution in [0.4, 0.5) is 8.78 Å². The molecule has 1 aromatic rings. The maximum absolute atomic E-state index is 11.9. The molecular weight excluding hydrogens is 278 g/mol. The fourth-order valence-electron chi connectivity index (χ4n) is 1.61. The van der Waals surface area contributed by atoms with Gasteiger partial charge < -0.3 is 9.47 Å². The molecular formula is C12H17ClF2N2O2. The Morgan fingerprint density at radius 3 is 2.74 bits per heavy atom. The molecule has 1 rings (SSSR count). The number of rotatable bonds is 8. The van der Waals surface area contributed by atoms with Crippen molar-refractivity contribution >= 4 is 11.6 Å². The predicted octanol–water partition coefficient (Wildman–Crippen LogP) is 2.52. The summed E-state index contributed by atoms with van der Waals surface area (Å²) in [6.45, 7) is -0.384. The number of nitrogens with one attached hydrogen (secondary N) is 1. The Hall–Kier alpha value is -0.950. The van der Waals surface area contributed by atoms with Crippen molar-refractivity contribution in [1.82, 2.24) is 5.43 Å². The third-order valence-electron chi connectivity index (χ3n) is 2.57. The number of hydrogen-bond donors (Lipinski definition) is 2. The molecule has 19 heavy (non-hydrogen) atoms. The first-order valence-electron chi connectivity index (χ1n) is 5.74. The number of hydrogen-bond acceptors (Lipinski definition) is 4. The average Bonchev–Trinajstić information content (AvgIpc) is 2.39. The van der Waals surface area contributed by atoms with Crippen molar-refractivity contribution in [2.45, 2.75) is 18.9 Å². The second kappa shape index (κ2) is 8.27. The summed E-state index contributed by atoms with van der Waals surface area (Å²) in [4.78, 5) is 0. The van der Waals surface area contributed by atoms with Gasteiger partial charge in [0, 0.05) is 12.6 Å². The van der Waals surface area contributed by atoms with E-state index < -0.39 is 13.0 Å². The van der Waals surface area contributed by atoms with Gasteiger partial charge >= 0.3 is 0 Å². The highest BCUT2D eigenvalue weighted by Crippen LogP contribution is 2.28. The van der Waals surface area contributed by atoms with E-state index in [-0.39, 0.29) is 12.6 Å². The Labute approximate surface area is 115 Å². The van der Waals surface area contributed by atoms with E-state index in [1.807, 2.05) is 0 Å². The largest absolute Gasteiger partial charge is 0.495 e. The summed E-state index contributed by atoms with van der Waals surface area (Å²) in [6, 6.07) is 5.02. The Kier molecular flexibility index (Phi) is 7.01. The lowest BCUT2D eigenvalue weighted by Crippen LogP contribution is -2.29. The predicted molar refractivity (Wildman–Crippen MR) is 69.5 cm³/mol. The van der Waals surface area contributed by atoms with Crippen LogP contribution in [-0.4, -0.2) is 26.7 Å². The smallest absolute Gasteiger partial charge is 0.261 e. The molecule has 0 fully saturated rings. The van der Waals surface area contributed by atoms with Crippen LogP contribution in [0.5, 0.6) is 5.75 Å². The Balaban J connectivity index is 2.59. The molecule has 108 valence electrons. The molecule has 4 nitrogen and oxygen atoms in total. The van der Waals surface area contributed by atoms with E-state index in [9.17, 15) is 8.78 Å². The number of alkyl halides is 2. The van der Waals surface area contributed by atoms with E-state index in [0.717, 1.165) is 5.56 Å². The van der Waals surface area contributed by atoms with Gasteiger partial charge in [0.05, 0.1) is 12.1 Å². The Morgan fingerprint density at radius 2 is 2.16 bits per heavy atom. The highest BCUT2D eigenvalue weighted by molar-refractivity contribution is 6.32. The second-order valence-corrected chi connectivity index (χ2v) is 4.28. The fraction of sp³-hybridized carbons (Fsp3) is 0.500. The lowest BCUT2D eigenvalue weighted by Gasteiger charge is -2.17. The van der Waals surface area contributed by atoms with Crippen LogP contribution in [0.25, 0.3) is 0 Å². The van der Waals surface area contributed by atoms with Crippen molar-refractivity contribution in [2.24, 2.45) is 5.84 Å². The van der Waals surface area contributed by atoms with Gasteiger partial charge in [-0.05, 0) is 24.1 Å². The SMILES string of the molecule is COc1cc(C(CCOCC(F)F)NN)ccc1Cl. The number of methoxy groups -OCH3 is 1. The third kappa shape index (κ3) is 5.28. The highest BCUT2D eigenvalue weighted by Gasteiger charge is 2.12. The second-order valence-electron chi connectivity index (χ2n) is 3.87. The van der Waals surface area contributed by atoms with E-state index in [4.69, 9.17) is 26.9 Å². The minimum absolute atomic E-state index is 0.185. The zero-order chi connectivity index (χ0) is 14.3. The maximum Gasteiger partial charge on any atom is 0.261 e. The molecule has 3 N–H and O–H groups in total. The van der Waals surface area contributed by atoms with Gasteiger partial charge in [-0.25, -0.2) is 8.78 Å². The molecule has 0 aliphatic heterocycles. The molecule has 0 bridgehead atoms. The summed E-state index contributed by atoms with van der Waals surface area (Å²) >= 11 is 5.92. The number of halogens is 3. The average molecular weight is 295 g/mol. The number of hydrazine groups is 1. The molecule has 1 unspecified atom stereocenters. The fourth-order valence-corrected chi connectivity index (χ4v) is 1.81. The summed E-state index contributed by atoms with van der Waals surface area (Å²) in [5.41, 5.74) is 3.46. The molecule has 0 amide bonds. The zero-order valence-corrected chi connectivity index (χ0v) is 11.3. The van der Waals surface area contributed by atoms with E-state index in [0.29, 0.717) is 17.2 Å². The molecule has 0 spiro atoms. The maximum atomic E-state index is 11.9. The van der Waals surface area contributed by atoms with Crippen molar-refractivity contribution in [3.05, 3.63) is 28.8 Å². The first-order valence-corrected chi connectivity index (χ1v) is 6.11. The van der Waals surface area contributed by atoms with E-state index >= 15 is 0 Å². The number of ether oxygens (including phenoxy) is 2. The molecule has 0 aliphatic rings. The molecule has 0 saturated heterocycles. The first-order chi connectivity index (χ1) is 9.08. The van der Waals surface area contributed by atoms with Crippen LogP contribution in [0, 0.1) is 0 Å². The number of nitrogens with two attached hydrogens (primary N) is 1. The van der Waals surface area contributed by atoms with Crippen LogP contribution < -0.4 is 16.0 Å². The van der Waals surface area contributed by atoms with Crippen molar-refractivity contribution in [2.75, 3.05) is 20.3 Å². The van der Waals surface area contributed by atoms with Gasteiger partial charge in [-0.3, -0.25) is 11.3 Å². The van der Waals surface area contributed by atoms with Gasteiger partial charge in [0.25, 0.3) is 6.43 Å². The topological polar surface area (TPSA) is 56.5 Å². The lowest BCUT2D eigenvalue weighted by atomic mass is 10.0. The van der Waals surface area contributed by atoms with Crippen molar-refractivity contribution in [3.63, 3.8) is 0 Å². The van der Waals surface area contributed by atoms with Crippen LogP contribution in [0.15, 0.2) is 18.2 Å². The van der Waals surface area contributed by atoms with Crippen molar-refractivity contribution in [1.29, 1.82) is 0 Å². The molecule has 0 saturated carbocycles. The molecule has 7 heteroatoms. The molecule has 0 aromatic heterocycles. The van der Waals surface area contributed by atoms with Crippen LogP contribution in [0.2, 0.25) is 5.02 Å². The summed E-state index contributed by atoms with van der Waals surface area (Å²) in [6.07, 6.45) is -1.99. The normalized spacial score (nSPS) is 12.7. The zero-order valence-electron chi connectivity index (χ0n) is 10.5. The van der Waals surface area contributed by atoms with Crippen molar-refractivity contribution < 1.29 is 18.3 Å². The Morgan fingerprint density at radius 1 is 1.42 bits per heavy atom. The highest BCUT2D eigenvalue weighted by atomic mass is 35.5. The van der Waals surface area contributed by atoms with Gasteiger partial charge in [-0.2, -0.15) is 0 Å². The quantitative estimate of drug-likeness (QED) is 0.439. The lowest BCUT2D eigenvalue weighted by molar-refractivity contribution is 0.0143. The minimum atomic E-state index is -2.46.